The molecule has 1 heterocycles. The van der Waals surface area contributed by atoms with Crippen molar-refractivity contribution in [2.24, 2.45) is 0 Å². The fraction of sp³-hybridized carbons (Fsp3) is 0.462. The molecule has 0 saturated carbocycles. The molecule has 0 amide bonds. The number of ether oxygens (including phenoxy) is 3. The van der Waals surface area contributed by atoms with Crippen molar-refractivity contribution in [1.82, 2.24) is 0 Å². The van der Waals surface area contributed by atoms with E-state index in [1.54, 1.807) is 7.11 Å². The predicted molar refractivity (Wildman–Crippen MR) is 62.4 cm³/mol. The van der Waals surface area contributed by atoms with Crippen LogP contribution >= 0.6 is 0 Å². The van der Waals surface area contributed by atoms with E-state index in [1.165, 1.54) is 0 Å². The summed E-state index contributed by atoms with van der Waals surface area (Å²) in [6.07, 6.45) is 1.43. The number of methoxy groups -OCH3 is 1. The SMILES string of the molecule is COCc1c(C(C)CC=O)ccc2c1OCO2. The number of benzene rings is 1. The minimum Gasteiger partial charge on any atom is -0.454 e. The maximum Gasteiger partial charge on any atom is 0.231 e. The van der Waals surface area contributed by atoms with Crippen molar-refractivity contribution in [3.63, 3.8) is 0 Å². The van der Waals surface area contributed by atoms with Crippen molar-refractivity contribution in [3.05, 3.63) is 23.3 Å². The summed E-state index contributed by atoms with van der Waals surface area (Å²) in [5.74, 6) is 1.66. The van der Waals surface area contributed by atoms with Crippen LogP contribution in [0.3, 0.4) is 0 Å². The Morgan fingerprint density at radius 3 is 3.00 bits per heavy atom. The van der Waals surface area contributed by atoms with Gasteiger partial charge >= 0.3 is 0 Å². The molecular formula is C13H16O4. The van der Waals surface area contributed by atoms with E-state index in [0.29, 0.717) is 13.0 Å². The van der Waals surface area contributed by atoms with Crippen LogP contribution < -0.4 is 9.47 Å². The monoisotopic (exact) mass is 236 g/mol. The third-order valence-electron chi connectivity index (χ3n) is 2.95. The molecule has 0 radical (unpaired) electrons. The minimum absolute atomic E-state index is 0.159. The highest BCUT2D eigenvalue weighted by Crippen LogP contribution is 2.40. The number of fused-ring (bicyclic) bond motifs is 1. The van der Waals surface area contributed by atoms with E-state index in [9.17, 15) is 4.79 Å². The summed E-state index contributed by atoms with van der Waals surface area (Å²) >= 11 is 0. The van der Waals surface area contributed by atoms with Crippen LogP contribution in [-0.4, -0.2) is 20.2 Å². The molecule has 17 heavy (non-hydrogen) atoms. The lowest BCUT2D eigenvalue weighted by molar-refractivity contribution is -0.108. The molecule has 0 bridgehead atoms. The fourth-order valence-electron chi connectivity index (χ4n) is 2.07. The third kappa shape index (κ3) is 2.26. The van der Waals surface area contributed by atoms with Crippen molar-refractivity contribution < 1.29 is 19.0 Å². The topological polar surface area (TPSA) is 44.8 Å². The Kier molecular flexibility index (Phi) is 3.64. The molecule has 1 aliphatic heterocycles. The lowest BCUT2D eigenvalue weighted by atomic mass is 9.93. The maximum absolute atomic E-state index is 10.6. The van der Waals surface area contributed by atoms with E-state index in [4.69, 9.17) is 14.2 Å². The molecule has 0 fully saturated rings. The Hall–Kier alpha value is -1.55. The molecule has 1 aliphatic rings. The number of hydrogen-bond donors (Lipinski definition) is 0. The zero-order valence-electron chi connectivity index (χ0n) is 10.1. The fourth-order valence-corrected chi connectivity index (χ4v) is 2.07. The van der Waals surface area contributed by atoms with Crippen LogP contribution in [0, 0.1) is 0 Å². The van der Waals surface area contributed by atoms with Crippen LogP contribution in [0.1, 0.15) is 30.4 Å². The number of carbonyl (C=O) groups excluding carboxylic acids is 1. The highest BCUT2D eigenvalue weighted by atomic mass is 16.7. The van der Waals surface area contributed by atoms with Crippen molar-refractivity contribution in [2.75, 3.05) is 13.9 Å². The molecule has 0 saturated heterocycles. The molecule has 4 heteroatoms. The van der Waals surface area contributed by atoms with Gasteiger partial charge in [0.1, 0.15) is 6.29 Å². The standard InChI is InChI=1S/C13H16O4/c1-9(5-6-14)10-3-4-12-13(17-8-16-12)11(10)7-15-2/h3-4,6,9H,5,7-8H2,1-2H3. The lowest BCUT2D eigenvalue weighted by Gasteiger charge is -2.15. The molecule has 4 nitrogen and oxygen atoms in total. The average molecular weight is 236 g/mol. The van der Waals surface area contributed by atoms with Gasteiger partial charge in [-0.15, -0.1) is 0 Å². The summed E-state index contributed by atoms with van der Waals surface area (Å²) in [6.45, 7) is 2.73. The van der Waals surface area contributed by atoms with Crippen molar-refractivity contribution in [2.45, 2.75) is 25.9 Å². The predicted octanol–water partition coefficient (Wildman–Crippen LogP) is 2.25. The maximum atomic E-state index is 10.6. The van der Waals surface area contributed by atoms with E-state index >= 15 is 0 Å². The highest BCUT2D eigenvalue weighted by Gasteiger charge is 2.22. The molecule has 0 N–H and O–H groups in total. The summed E-state index contributed by atoms with van der Waals surface area (Å²) in [5.41, 5.74) is 2.07. The van der Waals surface area contributed by atoms with Gasteiger partial charge in [-0.05, 0) is 17.5 Å². The zero-order valence-corrected chi connectivity index (χ0v) is 10.1. The van der Waals surface area contributed by atoms with E-state index in [2.05, 4.69) is 0 Å². The number of rotatable bonds is 5. The van der Waals surface area contributed by atoms with Crippen molar-refractivity contribution in [3.8, 4) is 11.5 Å². The van der Waals surface area contributed by atoms with Crippen LogP contribution in [-0.2, 0) is 16.1 Å². The first-order valence-electron chi connectivity index (χ1n) is 5.61. The van der Waals surface area contributed by atoms with E-state index < -0.39 is 0 Å². The van der Waals surface area contributed by atoms with E-state index in [-0.39, 0.29) is 12.7 Å². The molecule has 1 aromatic rings. The van der Waals surface area contributed by atoms with Gasteiger partial charge in [-0.1, -0.05) is 13.0 Å². The quantitative estimate of drug-likeness (QED) is 0.735. The molecule has 92 valence electrons. The van der Waals surface area contributed by atoms with Gasteiger partial charge in [0.15, 0.2) is 11.5 Å². The van der Waals surface area contributed by atoms with Crippen LogP contribution in [0.5, 0.6) is 11.5 Å². The Morgan fingerprint density at radius 2 is 2.29 bits per heavy atom. The summed E-state index contributed by atoms with van der Waals surface area (Å²) < 4.78 is 16.0. The second kappa shape index (κ2) is 5.19. The summed E-state index contributed by atoms with van der Waals surface area (Å²) in [4.78, 5) is 10.6. The largest absolute Gasteiger partial charge is 0.454 e. The highest BCUT2D eigenvalue weighted by molar-refractivity contribution is 5.56. The average Bonchev–Trinajstić information content (AvgIpc) is 2.78. The Labute approximate surface area is 100 Å². The summed E-state index contributed by atoms with van der Waals surface area (Å²) in [5, 5.41) is 0. The van der Waals surface area contributed by atoms with Crippen LogP contribution in [0.15, 0.2) is 12.1 Å². The van der Waals surface area contributed by atoms with E-state index in [0.717, 1.165) is 28.9 Å². The molecule has 0 aliphatic carbocycles. The van der Waals surface area contributed by atoms with Gasteiger partial charge in [0.25, 0.3) is 0 Å². The molecular weight excluding hydrogens is 220 g/mol. The van der Waals surface area contributed by atoms with Crippen molar-refractivity contribution >= 4 is 6.29 Å². The molecule has 0 spiro atoms. The van der Waals surface area contributed by atoms with Crippen LogP contribution in [0.25, 0.3) is 0 Å². The summed E-state index contributed by atoms with van der Waals surface area (Å²) in [6, 6.07) is 3.87. The molecule has 1 aromatic carbocycles. The van der Waals surface area contributed by atoms with E-state index in [1.807, 2.05) is 19.1 Å². The Bertz CT molecular complexity index is 414. The normalized spacial score (nSPS) is 14.7. The first-order chi connectivity index (χ1) is 8.27. The molecule has 2 rings (SSSR count). The first kappa shape index (κ1) is 11.9. The molecule has 0 aromatic heterocycles. The smallest absolute Gasteiger partial charge is 0.231 e. The van der Waals surface area contributed by atoms with Gasteiger partial charge in [-0.3, -0.25) is 0 Å². The minimum atomic E-state index is 0.159. The molecule has 1 unspecified atom stereocenters. The van der Waals surface area contributed by atoms with Gasteiger partial charge in [-0.25, -0.2) is 0 Å². The molecule has 1 atom stereocenters. The van der Waals surface area contributed by atoms with Gasteiger partial charge < -0.3 is 19.0 Å². The van der Waals surface area contributed by atoms with Gasteiger partial charge in [-0.2, -0.15) is 0 Å². The van der Waals surface area contributed by atoms with Gasteiger partial charge in [0.2, 0.25) is 6.79 Å². The first-order valence-corrected chi connectivity index (χ1v) is 5.61. The lowest BCUT2D eigenvalue weighted by Crippen LogP contribution is -2.03. The number of aldehydes is 1. The summed E-state index contributed by atoms with van der Waals surface area (Å²) in [7, 11) is 1.64. The van der Waals surface area contributed by atoms with Crippen LogP contribution in [0.2, 0.25) is 0 Å². The van der Waals surface area contributed by atoms with Gasteiger partial charge in [0, 0.05) is 19.1 Å². The second-order valence-electron chi connectivity index (χ2n) is 4.10. The Balaban J connectivity index is 2.40. The van der Waals surface area contributed by atoms with Crippen LogP contribution in [0.4, 0.5) is 0 Å². The van der Waals surface area contributed by atoms with Gasteiger partial charge in [0.05, 0.1) is 6.61 Å². The zero-order chi connectivity index (χ0) is 12.3. The second-order valence-corrected chi connectivity index (χ2v) is 4.10. The number of carbonyl (C=O) groups is 1. The third-order valence-corrected chi connectivity index (χ3v) is 2.95. The Morgan fingerprint density at radius 1 is 1.47 bits per heavy atom. The van der Waals surface area contributed by atoms with Crippen molar-refractivity contribution in [1.29, 1.82) is 0 Å². The number of hydrogen-bond acceptors (Lipinski definition) is 4.